The topological polar surface area (TPSA) is 44.4 Å². The zero-order chi connectivity index (χ0) is 23.9. The van der Waals surface area contributed by atoms with Gasteiger partial charge in [0.25, 0.3) is 0 Å². The number of ketones is 1. The Hall–Kier alpha value is -3.51. The van der Waals surface area contributed by atoms with Gasteiger partial charge in [-0.25, -0.2) is 4.39 Å². The van der Waals surface area contributed by atoms with Crippen LogP contribution < -0.4 is 15.5 Å². The van der Waals surface area contributed by atoms with Gasteiger partial charge >= 0.3 is 0 Å². The summed E-state index contributed by atoms with van der Waals surface area (Å²) >= 11 is 5.95. The largest absolute Gasteiger partial charge is 0.357 e. The number of halogens is 1. The Morgan fingerprint density at radius 2 is 1.68 bits per heavy atom. The molecular weight excluding hydrogens is 445 g/mol. The van der Waals surface area contributed by atoms with Gasteiger partial charge in [-0.3, -0.25) is 4.79 Å². The van der Waals surface area contributed by atoms with Gasteiger partial charge in [0, 0.05) is 23.4 Å². The van der Waals surface area contributed by atoms with Crippen LogP contribution in [0.4, 0.5) is 21.5 Å². The second-order valence-corrected chi connectivity index (χ2v) is 9.98. The molecule has 5 rings (SSSR count). The van der Waals surface area contributed by atoms with Gasteiger partial charge in [-0.15, -0.1) is 0 Å². The van der Waals surface area contributed by atoms with Gasteiger partial charge in [0.05, 0.1) is 17.4 Å². The van der Waals surface area contributed by atoms with Crippen LogP contribution >= 0.6 is 12.2 Å². The quantitative estimate of drug-likeness (QED) is 0.401. The Labute approximate surface area is 204 Å². The van der Waals surface area contributed by atoms with E-state index in [0.717, 1.165) is 34.7 Å². The number of allylic oxidation sites excluding steroid dienone is 1. The lowest BCUT2D eigenvalue weighted by Gasteiger charge is -2.38. The molecular formula is C28H26FN3OS. The third kappa shape index (κ3) is 4.21. The van der Waals surface area contributed by atoms with Crippen molar-refractivity contribution in [1.82, 2.24) is 0 Å². The normalized spacial score (nSPS) is 19.0. The number of Topliss-reactive ketones (excluding diaryl/α,β-unsaturated/α-hetero) is 1. The average molecular weight is 472 g/mol. The fraction of sp³-hybridized carbons (Fsp3) is 0.214. The third-order valence-corrected chi connectivity index (χ3v) is 6.63. The van der Waals surface area contributed by atoms with Gasteiger partial charge in [0.1, 0.15) is 5.82 Å². The summed E-state index contributed by atoms with van der Waals surface area (Å²) in [5.41, 5.74) is 4.80. The van der Waals surface area contributed by atoms with Crippen LogP contribution in [0.15, 0.2) is 90.1 Å². The smallest absolute Gasteiger partial charge is 0.178 e. The number of nitrogens with one attached hydrogen (secondary N) is 2. The van der Waals surface area contributed by atoms with Gasteiger partial charge in [-0.05, 0) is 66.0 Å². The molecule has 0 radical (unpaired) electrons. The molecule has 0 unspecified atom stereocenters. The zero-order valence-corrected chi connectivity index (χ0v) is 20.0. The Kier molecular flexibility index (Phi) is 5.70. The van der Waals surface area contributed by atoms with E-state index in [9.17, 15) is 9.18 Å². The first-order valence-electron chi connectivity index (χ1n) is 11.4. The van der Waals surface area contributed by atoms with Crippen LogP contribution in [0.5, 0.6) is 0 Å². The Balaban J connectivity index is 1.72. The SMILES string of the molecule is CC1(C)CC(=O)C2=C(C1)Nc1ccccc1N(C(=S)Nc1ccccc1)[C@H]2c1ccc(F)cc1. The molecule has 0 spiro atoms. The predicted molar refractivity (Wildman–Crippen MR) is 139 cm³/mol. The molecule has 3 aromatic carbocycles. The number of carbonyl (C=O) groups excluding carboxylic acids is 1. The van der Waals surface area contributed by atoms with E-state index in [2.05, 4.69) is 24.5 Å². The van der Waals surface area contributed by atoms with Gasteiger partial charge in [-0.1, -0.05) is 56.3 Å². The van der Waals surface area contributed by atoms with Crippen molar-refractivity contribution in [2.45, 2.75) is 32.7 Å². The molecule has 0 saturated carbocycles. The molecule has 2 aliphatic rings. The fourth-order valence-electron chi connectivity index (χ4n) is 4.88. The first-order chi connectivity index (χ1) is 16.3. The lowest BCUT2D eigenvalue weighted by molar-refractivity contribution is -0.118. The molecule has 2 N–H and O–H groups in total. The average Bonchev–Trinajstić information content (AvgIpc) is 2.94. The second-order valence-electron chi connectivity index (χ2n) is 9.60. The van der Waals surface area contributed by atoms with Gasteiger partial charge in [0.15, 0.2) is 10.9 Å². The van der Waals surface area contributed by atoms with E-state index in [0.29, 0.717) is 17.1 Å². The summed E-state index contributed by atoms with van der Waals surface area (Å²) in [6.07, 6.45) is 1.17. The highest BCUT2D eigenvalue weighted by molar-refractivity contribution is 7.80. The minimum Gasteiger partial charge on any atom is -0.357 e. The third-order valence-electron chi connectivity index (χ3n) is 6.33. The molecule has 0 aromatic heterocycles. The van der Waals surface area contributed by atoms with Crippen LogP contribution in [0.25, 0.3) is 0 Å². The van der Waals surface area contributed by atoms with Crippen molar-refractivity contribution in [1.29, 1.82) is 0 Å². The van der Waals surface area contributed by atoms with E-state index < -0.39 is 6.04 Å². The molecule has 1 heterocycles. The van der Waals surface area contributed by atoms with Crippen LogP contribution in [-0.4, -0.2) is 10.9 Å². The molecule has 172 valence electrons. The summed E-state index contributed by atoms with van der Waals surface area (Å²) in [6.45, 7) is 4.22. The minimum atomic E-state index is -0.501. The highest BCUT2D eigenvalue weighted by Crippen LogP contribution is 2.48. The van der Waals surface area contributed by atoms with E-state index in [-0.39, 0.29) is 17.0 Å². The zero-order valence-electron chi connectivity index (χ0n) is 19.1. The van der Waals surface area contributed by atoms with E-state index in [4.69, 9.17) is 12.2 Å². The Bertz CT molecular complexity index is 1280. The second kappa shape index (κ2) is 8.69. The predicted octanol–water partition coefficient (Wildman–Crippen LogP) is 6.84. The summed E-state index contributed by atoms with van der Waals surface area (Å²) in [5, 5.41) is 7.36. The number of hydrogen-bond acceptors (Lipinski definition) is 3. The van der Waals surface area contributed by atoms with E-state index in [1.54, 1.807) is 12.1 Å². The van der Waals surface area contributed by atoms with E-state index in [1.807, 2.05) is 59.5 Å². The van der Waals surface area contributed by atoms with Crippen LogP contribution in [0.2, 0.25) is 0 Å². The number of thiocarbonyl (C=S) groups is 1. The molecule has 1 aliphatic carbocycles. The molecule has 3 aromatic rings. The fourth-order valence-corrected chi connectivity index (χ4v) is 5.20. The highest BCUT2D eigenvalue weighted by Gasteiger charge is 2.42. The summed E-state index contributed by atoms with van der Waals surface area (Å²) < 4.78 is 13.9. The van der Waals surface area contributed by atoms with Crippen LogP contribution in [0.3, 0.4) is 0 Å². The summed E-state index contributed by atoms with van der Waals surface area (Å²) in [6, 6.07) is 23.5. The van der Waals surface area contributed by atoms with Crippen molar-refractivity contribution in [2.75, 3.05) is 15.5 Å². The maximum absolute atomic E-state index is 13.9. The van der Waals surface area contributed by atoms with Gasteiger partial charge in [-0.2, -0.15) is 0 Å². The van der Waals surface area contributed by atoms with Crippen LogP contribution in [-0.2, 0) is 4.79 Å². The van der Waals surface area contributed by atoms with Crippen molar-refractivity contribution in [3.63, 3.8) is 0 Å². The van der Waals surface area contributed by atoms with Crippen LogP contribution in [0.1, 0.15) is 38.3 Å². The lowest BCUT2D eigenvalue weighted by Crippen LogP contribution is -2.41. The molecule has 1 atom stereocenters. The van der Waals surface area contributed by atoms with Crippen molar-refractivity contribution < 1.29 is 9.18 Å². The molecule has 34 heavy (non-hydrogen) atoms. The van der Waals surface area contributed by atoms with E-state index >= 15 is 0 Å². The van der Waals surface area contributed by atoms with Crippen molar-refractivity contribution in [3.05, 3.63) is 102 Å². The maximum atomic E-state index is 13.9. The van der Waals surface area contributed by atoms with Crippen molar-refractivity contribution in [2.24, 2.45) is 5.41 Å². The summed E-state index contributed by atoms with van der Waals surface area (Å²) in [4.78, 5) is 15.6. The molecule has 0 fully saturated rings. The standard InChI is InChI=1S/C28H26FN3OS/c1-28(2)16-22-25(24(33)17-28)26(18-12-14-19(29)15-13-18)32(23-11-7-6-10-21(23)31-22)27(34)30-20-8-4-3-5-9-20/h3-15,26,31H,16-17H2,1-2H3,(H,30,34)/t26-/m0/s1. The molecule has 0 bridgehead atoms. The number of rotatable bonds is 2. The number of para-hydroxylation sites is 3. The Morgan fingerprint density at radius 3 is 2.41 bits per heavy atom. The maximum Gasteiger partial charge on any atom is 0.178 e. The number of anilines is 3. The molecule has 0 saturated heterocycles. The van der Waals surface area contributed by atoms with Gasteiger partial charge in [0.2, 0.25) is 0 Å². The molecule has 4 nitrogen and oxygen atoms in total. The van der Waals surface area contributed by atoms with Crippen molar-refractivity contribution in [3.8, 4) is 0 Å². The first kappa shape index (κ1) is 22.3. The van der Waals surface area contributed by atoms with E-state index in [1.165, 1.54) is 12.1 Å². The minimum absolute atomic E-state index is 0.0772. The molecule has 1 aliphatic heterocycles. The van der Waals surface area contributed by atoms with Gasteiger partial charge < -0.3 is 15.5 Å². The first-order valence-corrected chi connectivity index (χ1v) is 11.8. The summed E-state index contributed by atoms with van der Waals surface area (Å²) in [7, 11) is 0. The highest BCUT2D eigenvalue weighted by atomic mass is 32.1. The number of carbonyl (C=O) groups is 1. The number of benzene rings is 3. The number of nitrogens with zero attached hydrogens (tertiary/aromatic N) is 1. The lowest BCUT2D eigenvalue weighted by atomic mass is 9.73. The number of hydrogen-bond donors (Lipinski definition) is 2. The molecule has 0 amide bonds. The number of fused-ring (bicyclic) bond motifs is 1. The molecule has 6 heteroatoms. The monoisotopic (exact) mass is 471 g/mol. The van der Waals surface area contributed by atoms with Crippen LogP contribution in [0, 0.1) is 11.2 Å². The summed E-state index contributed by atoms with van der Waals surface area (Å²) in [5.74, 6) is -0.244. The van der Waals surface area contributed by atoms with Crippen molar-refractivity contribution >= 4 is 40.2 Å². The Morgan fingerprint density at radius 1 is 1.00 bits per heavy atom.